The SMILES string of the molecule is CCC(N)C(c1cccc(Cl)c1)N(CC(F)(F)F)C1CC1. The van der Waals surface area contributed by atoms with Gasteiger partial charge >= 0.3 is 6.18 Å². The Kier molecular flexibility index (Phi) is 5.17. The van der Waals surface area contributed by atoms with Crippen molar-refractivity contribution in [3.63, 3.8) is 0 Å². The van der Waals surface area contributed by atoms with Crippen LogP contribution in [0.5, 0.6) is 0 Å². The Balaban J connectivity index is 2.33. The van der Waals surface area contributed by atoms with E-state index in [4.69, 9.17) is 17.3 Å². The Labute approximate surface area is 128 Å². The molecule has 6 heteroatoms. The van der Waals surface area contributed by atoms with Crippen LogP contribution in [0.15, 0.2) is 24.3 Å². The number of nitrogens with two attached hydrogens (primary N) is 1. The van der Waals surface area contributed by atoms with Gasteiger partial charge < -0.3 is 5.73 Å². The van der Waals surface area contributed by atoms with E-state index in [9.17, 15) is 13.2 Å². The summed E-state index contributed by atoms with van der Waals surface area (Å²) in [6.45, 7) is 0.962. The zero-order valence-electron chi connectivity index (χ0n) is 11.9. The summed E-state index contributed by atoms with van der Waals surface area (Å²) in [7, 11) is 0. The maximum absolute atomic E-state index is 12.9. The summed E-state index contributed by atoms with van der Waals surface area (Å²) in [6, 6.07) is 6.14. The third-order valence-electron chi connectivity index (χ3n) is 3.80. The summed E-state index contributed by atoms with van der Waals surface area (Å²) in [6.07, 6.45) is -2.03. The molecular weight excluding hydrogens is 301 g/mol. The Morgan fingerprint density at radius 1 is 1.38 bits per heavy atom. The molecule has 2 atom stereocenters. The van der Waals surface area contributed by atoms with Crippen LogP contribution in [-0.2, 0) is 0 Å². The molecule has 0 aliphatic heterocycles. The van der Waals surface area contributed by atoms with Gasteiger partial charge in [-0.25, -0.2) is 0 Å². The first kappa shape index (κ1) is 16.6. The highest BCUT2D eigenvalue weighted by atomic mass is 35.5. The highest BCUT2D eigenvalue weighted by Crippen LogP contribution is 2.39. The first-order chi connectivity index (χ1) is 9.81. The van der Waals surface area contributed by atoms with Crippen LogP contribution in [0.25, 0.3) is 0 Å². The van der Waals surface area contributed by atoms with Gasteiger partial charge in [-0.05, 0) is 37.0 Å². The Bertz CT molecular complexity index is 474. The molecular formula is C15H20ClF3N2. The Morgan fingerprint density at radius 3 is 2.52 bits per heavy atom. The molecule has 2 N–H and O–H groups in total. The van der Waals surface area contributed by atoms with Gasteiger partial charge in [0.25, 0.3) is 0 Å². The lowest BCUT2D eigenvalue weighted by Crippen LogP contribution is -2.46. The lowest BCUT2D eigenvalue weighted by molar-refractivity contribution is -0.153. The van der Waals surface area contributed by atoms with E-state index in [-0.39, 0.29) is 12.1 Å². The van der Waals surface area contributed by atoms with Crippen molar-refractivity contribution in [3.05, 3.63) is 34.9 Å². The second-order valence-electron chi connectivity index (χ2n) is 5.59. The summed E-state index contributed by atoms with van der Waals surface area (Å²) < 4.78 is 38.7. The quantitative estimate of drug-likeness (QED) is 0.853. The molecule has 0 radical (unpaired) electrons. The number of rotatable bonds is 6. The van der Waals surface area contributed by atoms with E-state index >= 15 is 0 Å². The van der Waals surface area contributed by atoms with Crippen LogP contribution in [0, 0.1) is 0 Å². The molecule has 0 bridgehead atoms. The topological polar surface area (TPSA) is 29.3 Å². The molecule has 0 spiro atoms. The summed E-state index contributed by atoms with van der Waals surface area (Å²) in [5.74, 6) is 0. The number of hydrogen-bond donors (Lipinski definition) is 1. The molecule has 1 aliphatic rings. The van der Waals surface area contributed by atoms with Crippen molar-refractivity contribution in [2.24, 2.45) is 5.73 Å². The highest BCUT2D eigenvalue weighted by Gasteiger charge is 2.43. The van der Waals surface area contributed by atoms with E-state index in [0.717, 1.165) is 18.4 Å². The minimum atomic E-state index is -4.23. The van der Waals surface area contributed by atoms with E-state index in [1.807, 2.05) is 6.92 Å². The molecule has 2 rings (SSSR count). The van der Waals surface area contributed by atoms with Gasteiger partial charge in [-0.15, -0.1) is 0 Å². The fraction of sp³-hybridized carbons (Fsp3) is 0.600. The molecule has 118 valence electrons. The van der Waals surface area contributed by atoms with Crippen molar-refractivity contribution in [3.8, 4) is 0 Å². The van der Waals surface area contributed by atoms with Crippen molar-refractivity contribution >= 4 is 11.6 Å². The van der Waals surface area contributed by atoms with Crippen LogP contribution >= 0.6 is 11.6 Å². The molecule has 0 saturated heterocycles. The van der Waals surface area contributed by atoms with Crippen LogP contribution < -0.4 is 5.73 Å². The Morgan fingerprint density at radius 2 is 2.05 bits per heavy atom. The summed E-state index contributed by atoms with van der Waals surface area (Å²) >= 11 is 5.99. The second-order valence-corrected chi connectivity index (χ2v) is 6.03. The predicted octanol–water partition coefficient (Wildman–Crippen LogP) is 4.15. The third kappa shape index (κ3) is 4.59. The third-order valence-corrected chi connectivity index (χ3v) is 4.04. The summed E-state index contributed by atoms with van der Waals surface area (Å²) in [4.78, 5) is 1.50. The van der Waals surface area contributed by atoms with E-state index in [2.05, 4.69) is 0 Å². The predicted molar refractivity (Wildman–Crippen MR) is 78.2 cm³/mol. The van der Waals surface area contributed by atoms with Gasteiger partial charge in [0.15, 0.2) is 0 Å². The first-order valence-electron chi connectivity index (χ1n) is 7.15. The molecule has 0 amide bonds. The number of benzene rings is 1. The number of alkyl halides is 3. The van der Waals surface area contributed by atoms with E-state index in [0.29, 0.717) is 11.4 Å². The van der Waals surface area contributed by atoms with Crippen LogP contribution in [0.2, 0.25) is 5.02 Å². The lowest BCUT2D eigenvalue weighted by Gasteiger charge is -2.36. The fourth-order valence-electron chi connectivity index (χ4n) is 2.67. The second kappa shape index (κ2) is 6.55. The van der Waals surface area contributed by atoms with Crippen molar-refractivity contribution in [2.45, 2.75) is 50.5 Å². The fourth-order valence-corrected chi connectivity index (χ4v) is 2.86. The van der Waals surface area contributed by atoms with Gasteiger partial charge in [0, 0.05) is 17.1 Å². The minimum absolute atomic E-state index is 0.0341. The molecule has 1 fully saturated rings. The van der Waals surface area contributed by atoms with Gasteiger partial charge in [-0.1, -0.05) is 30.7 Å². The van der Waals surface area contributed by atoms with Crippen molar-refractivity contribution in [2.75, 3.05) is 6.54 Å². The molecule has 0 aromatic heterocycles. The monoisotopic (exact) mass is 320 g/mol. The molecule has 1 aliphatic carbocycles. The molecule has 1 saturated carbocycles. The van der Waals surface area contributed by atoms with Gasteiger partial charge in [0.2, 0.25) is 0 Å². The normalized spacial score (nSPS) is 18.8. The zero-order valence-corrected chi connectivity index (χ0v) is 12.7. The zero-order chi connectivity index (χ0) is 15.6. The smallest absolute Gasteiger partial charge is 0.326 e. The number of halogens is 4. The van der Waals surface area contributed by atoms with E-state index in [1.54, 1.807) is 24.3 Å². The minimum Gasteiger partial charge on any atom is -0.326 e. The molecule has 1 aromatic rings. The Hall–Kier alpha value is -0.780. The van der Waals surface area contributed by atoms with Crippen LogP contribution in [0.3, 0.4) is 0 Å². The molecule has 2 unspecified atom stereocenters. The first-order valence-corrected chi connectivity index (χ1v) is 7.53. The van der Waals surface area contributed by atoms with Crippen molar-refractivity contribution < 1.29 is 13.2 Å². The molecule has 0 heterocycles. The van der Waals surface area contributed by atoms with Crippen molar-refractivity contribution in [1.29, 1.82) is 0 Å². The standard InChI is InChI=1S/C15H20ClF3N2/c1-2-13(20)14(10-4-3-5-11(16)8-10)21(12-6-7-12)9-15(17,18)19/h3-5,8,12-14H,2,6-7,9,20H2,1H3. The lowest BCUT2D eigenvalue weighted by atomic mass is 9.96. The van der Waals surface area contributed by atoms with Gasteiger partial charge in [-0.3, -0.25) is 4.90 Å². The van der Waals surface area contributed by atoms with Crippen molar-refractivity contribution in [1.82, 2.24) is 4.90 Å². The van der Waals surface area contributed by atoms with E-state index < -0.39 is 18.8 Å². The van der Waals surface area contributed by atoms with Crippen LogP contribution in [0.4, 0.5) is 13.2 Å². The molecule has 1 aromatic carbocycles. The summed E-state index contributed by atoms with van der Waals surface area (Å²) in [5, 5.41) is 0.517. The summed E-state index contributed by atoms with van der Waals surface area (Å²) in [5.41, 5.74) is 6.89. The molecule has 2 nitrogen and oxygen atoms in total. The average molecular weight is 321 g/mol. The van der Waals surface area contributed by atoms with E-state index in [1.165, 1.54) is 4.90 Å². The number of nitrogens with zero attached hydrogens (tertiary/aromatic N) is 1. The van der Waals surface area contributed by atoms with Crippen LogP contribution in [0.1, 0.15) is 37.8 Å². The average Bonchev–Trinajstić information content (AvgIpc) is 3.20. The maximum atomic E-state index is 12.9. The van der Waals surface area contributed by atoms with Crippen LogP contribution in [-0.4, -0.2) is 29.7 Å². The van der Waals surface area contributed by atoms with Gasteiger partial charge in [0.05, 0.1) is 12.6 Å². The largest absolute Gasteiger partial charge is 0.401 e. The maximum Gasteiger partial charge on any atom is 0.401 e. The highest BCUT2D eigenvalue weighted by molar-refractivity contribution is 6.30. The van der Waals surface area contributed by atoms with Gasteiger partial charge in [-0.2, -0.15) is 13.2 Å². The molecule has 21 heavy (non-hydrogen) atoms. The number of hydrogen-bond acceptors (Lipinski definition) is 2. The van der Waals surface area contributed by atoms with Gasteiger partial charge in [0.1, 0.15) is 0 Å².